The van der Waals surface area contributed by atoms with Gasteiger partial charge in [0.15, 0.2) is 0 Å². The number of rotatable bonds is 16. The molecule has 1 heterocycles. The van der Waals surface area contributed by atoms with Crippen LogP contribution in [0.2, 0.25) is 0 Å². The van der Waals surface area contributed by atoms with Gasteiger partial charge < -0.3 is 16.0 Å². The molecule has 2 unspecified atom stereocenters. The van der Waals surface area contributed by atoms with Gasteiger partial charge in [0.2, 0.25) is 0 Å². The Hall–Kier alpha value is -1.11. The molecule has 2 atom stereocenters. The van der Waals surface area contributed by atoms with Crippen molar-refractivity contribution in [3.8, 4) is 0 Å². The van der Waals surface area contributed by atoms with Crippen LogP contribution in [0.25, 0.3) is 0 Å². The smallest absolute Gasteiger partial charge is 0.349 e. The fourth-order valence-corrected chi connectivity index (χ4v) is 3.42. The van der Waals surface area contributed by atoms with E-state index in [1.165, 1.54) is 44.9 Å². The Morgan fingerprint density at radius 3 is 2.54 bits per heavy atom. The molecule has 0 aliphatic rings. The van der Waals surface area contributed by atoms with Gasteiger partial charge in [-0.2, -0.15) is 4.98 Å². The van der Waals surface area contributed by atoms with Crippen LogP contribution in [0.4, 0.5) is 5.82 Å². The van der Waals surface area contributed by atoms with E-state index in [-0.39, 0.29) is 22.9 Å². The first-order valence-corrected chi connectivity index (χ1v) is 11.3. The zero-order valence-electron chi connectivity index (χ0n) is 18.0. The highest BCUT2D eigenvalue weighted by Crippen LogP contribution is 2.10. The van der Waals surface area contributed by atoms with Crippen LogP contribution in [0.15, 0.2) is 17.1 Å². The summed E-state index contributed by atoms with van der Waals surface area (Å²) in [5.74, 6) is 0.281. The van der Waals surface area contributed by atoms with Crippen molar-refractivity contribution in [1.82, 2.24) is 19.8 Å². The number of hydrogen-bond donors (Lipinski definition) is 2. The van der Waals surface area contributed by atoms with Crippen LogP contribution in [-0.2, 0) is 0 Å². The maximum absolute atomic E-state index is 12.1. The molecule has 0 spiro atoms. The molecule has 1 aromatic rings. The van der Waals surface area contributed by atoms with E-state index in [2.05, 4.69) is 29.0 Å². The average molecular weight is 414 g/mol. The van der Waals surface area contributed by atoms with Crippen LogP contribution in [0.3, 0.4) is 0 Å². The third-order valence-corrected chi connectivity index (χ3v) is 5.08. The lowest BCUT2D eigenvalue weighted by Crippen LogP contribution is -2.36. The van der Waals surface area contributed by atoms with E-state index in [1.807, 2.05) is 6.92 Å². The maximum Gasteiger partial charge on any atom is 0.349 e. The number of nitrogens with zero attached hydrogens (tertiary/aromatic N) is 3. The van der Waals surface area contributed by atoms with Crippen LogP contribution in [0.1, 0.15) is 71.8 Å². The molecule has 0 aliphatic carbocycles. The van der Waals surface area contributed by atoms with Crippen molar-refractivity contribution in [2.24, 2.45) is 0 Å². The number of nitrogens with two attached hydrogens (primary N) is 1. The van der Waals surface area contributed by atoms with E-state index in [0.29, 0.717) is 0 Å². The summed E-state index contributed by atoms with van der Waals surface area (Å²) in [7, 11) is 0. The van der Waals surface area contributed by atoms with Gasteiger partial charge in [-0.3, -0.25) is 4.57 Å². The molecule has 0 saturated carbocycles. The summed E-state index contributed by atoms with van der Waals surface area (Å²) < 4.78 is 1.68. The first kappa shape index (κ1) is 24.9. The van der Waals surface area contributed by atoms with Gasteiger partial charge in [-0.1, -0.05) is 32.6 Å². The molecule has 0 radical (unpaired) electrons. The van der Waals surface area contributed by atoms with Crippen LogP contribution in [0.5, 0.6) is 0 Å². The Kier molecular flexibility index (Phi) is 13.2. The number of unbranched alkanes of at least 4 members (excludes halogenated alkanes) is 5. The summed E-state index contributed by atoms with van der Waals surface area (Å²) in [6.07, 6.45) is 10.3. The fraction of sp³-hybridized carbons (Fsp3) is 0.810. The molecule has 6 nitrogen and oxygen atoms in total. The Morgan fingerprint density at radius 2 is 1.86 bits per heavy atom. The number of aromatic nitrogens is 2. The van der Waals surface area contributed by atoms with E-state index >= 15 is 0 Å². The summed E-state index contributed by atoms with van der Waals surface area (Å²) in [5.41, 5.74) is 5.33. The predicted octanol–water partition coefficient (Wildman–Crippen LogP) is 3.66. The summed E-state index contributed by atoms with van der Waals surface area (Å²) >= 11 is 5.92. The minimum Gasteiger partial charge on any atom is -0.383 e. The molecule has 28 heavy (non-hydrogen) atoms. The maximum atomic E-state index is 12.1. The second kappa shape index (κ2) is 14.8. The van der Waals surface area contributed by atoms with Gasteiger partial charge in [0.1, 0.15) is 5.82 Å². The highest BCUT2D eigenvalue weighted by molar-refractivity contribution is 6.20. The van der Waals surface area contributed by atoms with Gasteiger partial charge in [-0.05, 0) is 58.8 Å². The van der Waals surface area contributed by atoms with E-state index in [0.717, 1.165) is 32.7 Å². The highest BCUT2D eigenvalue weighted by Gasteiger charge is 2.13. The van der Waals surface area contributed by atoms with Gasteiger partial charge in [-0.15, -0.1) is 11.6 Å². The quantitative estimate of drug-likeness (QED) is 0.319. The van der Waals surface area contributed by atoms with E-state index in [4.69, 9.17) is 17.3 Å². The second-order valence-electron chi connectivity index (χ2n) is 7.80. The fourth-order valence-electron chi connectivity index (χ4n) is 3.32. The first-order valence-electron chi connectivity index (χ1n) is 10.9. The molecule has 162 valence electrons. The molecule has 1 rings (SSSR count). The Bertz CT molecular complexity index is 578. The lowest BCUT2D eigenvalue weighted by Gasteiger charge is -2.26. The van der Waals surface area contributed by atoms with Crippen molar-refractivity contribution in [2.75, 3.05) is 38.5 Å². The minimum atomic E-state index is -0.264. The molecule has 0 bridgehead atoms. The van der Waals surface area contributed by atoms with E-state index in [9.17, 15) is 4.79 Å². The van der Waals surface area contributed by atoms with Crippen LogP contribution in [-0.4, -0.2) is 52.6 Å². The summed E-state index contributed by atoms with van der Waals surface area (Å²) in [6, 6.07) is 1.78. The lowest BCUT2D eigenvalue weighted by atomic mass is 10.1. The van der Waals surface area contributed by atoms with Crippen molar-refractivity contribution in [3.63, 3.8) is 0 Å². The van der Waals surface area contributed by atoms with Crippen molar-refractivity contribution in [1.29, 1.82) is 0 Å². The number of halogens is 1. The molecular weight excluding hydrogens is 374 g/mol. The number of nitrogen functional groups attached to an aromatic ring is 1. The van der Waals surface area contributed by atoms with Crippen molar-refractivity contribution >= 4 is 17.4 Å². The van der Waals surface area contributed by atoms with Crippen LogP contribution >= 0.6 is 11.6 Å². The number of nitrogens with one attached hydrogen (secondary N) is 1. The molecule has 3 N–H and O–H groups in total. The van der Waals surface area contributed by atoms with Crippen LogP contribution < -0.4 is 16.7 Å². The Labute approximate surface area is 175 Å². The van der Waals surface area contributed by atoms with Gasteiger partial charge in [0.05, 0.1) is 0 Å². The molecule has 0 amide bonds. The Balaban J connectivity index is 2.31. The normalized spacial score (nSPS) is 13.8. The lowest BCUT2D eigenvalue weighted by molar-refractivity contribution is 0.227. The van der Waals surface area contributed by atoms with E-state index < -0.39 is 0 Å². The monoisotopic (exact) mass is 413 g/mol. The molecule has 0 fully saturated rings. The summed E-state index contributed by atoms with van der Waals surface area (Å²) in [4.78, 5) is 18.4. The number of hydrogen-bond acceptors (Lipinski definition) is 5. The standard InChI is InChI=1S/C21H40ClN5O/c1-4-5-13-26(14-10-8-6-7-9-12-24-16-18(2)22)17-19(3)27-15-11-20(23)25-21(27)28/h11,15,18-19,24H,4-10,12-14,16-17H2,1-3H3,(H2,23,25,28). The second-order valence-corrected chi connectivity index (χ2v) is 8.54. The first-order chi connectivity index (χ1) is 13.4. The van der Waals surface area contributed by atoms with E-state index in [1.54, 1.807) is 16.8 Å². The molecule has 7 heteroatoms. The SMILES string of the molecule is CCCCN(CCCCCCCNCC(C)Cl)CC(C)n1ccc(N)nc1=O. The Morgan fingerprint density at radius 1 is 1.18 bits per heavy atom. The van der Waals surface area contributed by atoms with Gasteiger partial charge in [0.25, 0.3) is 0 Å². The summed E-state index contributed by atoms with van der Waals surface area (Å²) in [5, 5.41) is 3.59. The zero-order valence-corrected chi connectivity index (χ0v) is 18.8. The minimum absolute atomic E-state index is 0.0906. The molecular formula is C21H40ClN5O. The molecule has 0 aliphatic heterocycles. The van der Waals surface area contributed by atoms with Gasteiger partial charge in [0, 0.05) is 30.7 Å². The van der Waals surface area contributed by atoms with Crippen LogP contribution in [0, 0.1) is 0 Å². The highest BCUT2D eigenvalue weighted by atomic mass is 35.5. The molecule has 1 aromatic heterocycles. The zero-order chi connectivity index (χ0) is 20.8. The van der Waals surface area contributed by atoms with Crippen molar-refractivity contribution in [2.45, 2.75) is 77.1 Å². The largest absolute Gasteiger partial charge is 0.383 e. The molecule has 0 saturated heterocycles. The summed E-state index contributed by atoms with van der Waals surface area (Å²) in [6.45, 7) is 11.3. The third kappa shape index (κ3) is 11.0. The number of alkyl halides is 1. The predicted molar refractivity (Wildman–Crippen MR) is 120 cm³/mol. The molecule has 0 aromatic carbocycles. The van der Waals surface area contributed by atoms with Gasteiger partial charge >= 0.3 is 5.69 Å². The number of anilines is 1. The van der Waals surface area contributed by atoms with Crippen molar-refractivity contribution < 1.29 is 0 Å². The topological polar surface area (TPSA) is 76.2 Å². The van der Waals surface area contributed by atoms with Crippen molar-refractivity contribution in [3.05, 3.63) is 22.7 Å². The average Bonchev–Trinajstić information content (AvgIpc) is 2.64. The van der Waals surface area contributed by atoms with Gasteiger partial charge in [-0.25, -0.2) is 4.79 Å². The third-order valence-electron chi connectivity index (χ3n) is 4.93.